The molecule has 0 amide bonds. The van der Waals surface area contributed by atoms with Crippen molar-refractivity contribution in [3.63, 3.8) is 0 Å². The van der Waals surface area contributed by atoms with Gasteiger partial charge in [0.05, 0.1) is 12.9 Å². The number of H-pyrrole nitrogens is 1. The number of aliphatic hydroxyl groups excluding tert-OH is 3. The lowest BCUT2D eigenvalue weighted by molar-refractivity contribution is -0.132. The first-order valence-corrected chi connectivity index (χ1v) is 11.5. The minimum absolute atomic E-state index is 0.612. The number of phosphoric ester groups is 1. The van der Waals surface area contributed by atoms with Crippen molar-refractivity contribution < 1.29 is 38.9 Å². The molecule has 1 aliphatic rings. The summed E-state index contributed by atoms with van der Waals surface area (Å²) in [7, 11) is -4.64. The molecule has 32 heavy (non-hydrogen) atoms. The monoisotopic (exact) mass is 533 g/mol. The number of rotatable bonds is 6. The van der Waals surface area contributed by atoms with Crippen molar-refractivity contribution >= 4 is 40.7 Å². The first-order chi connectivity index (χ1) is 15.2. The fourth-order valence-electron chi connectivity index (χ4n) is 2.76. The first kappa shape index (κ1) is 24.6. The van der Waals surface area contributed by atoms with Crippen LogP contribution in [-0.4, -0.2) is 76.3 Å². The van der Waals surface area contributed by atoms with Crippen LogP contribution in [0.2, 0.25) is 0 Å². The van der Waals surface area contributed by atoms with Crippen LogP contribution in [0.3, 0.4) is 0 Å². The van der Waals surface area contributed by atoms with Crippen molar-refractivity contribution in [2.75, 3.05) is 11.9 Å². The summed E-state index contributed by atoms with van der Waals surface area (Å²) < 4.78 is 20.0. The SMILES string of the molecule is Brc1ccccc1CNc1ncnc2nc[nH]c12.O=P(O)(O)OC[C@H]1OC(O)[C@H](O)[C@@H]1O. The molecule has 1 aliphatic heterocycles. The lowest BCUT2D eigenvalue weighted by Gasteiger charge is -2.14. The number of nitrogens with one attached hydrogen (secondary N) is 2. The second-order valence-corrected chi connectivity index (χ2v) is 8.69. The molecule has 15 heteroatoms. The molecule has 0 radical (unpaired) electrons. The van der Waals surface area contributed by atoms with Gasteiger partial charge < -0.3 is 40.1 Å². The number of nitrogens with zero attached hydrogens (tertiary/aromatic N) is 3. The number of fused-ring (bicyclic) bond motifs is 1. The standard InChI is InChI=1S/C12H10BrN5.C5H11O8P/c13-9-4-2-1-3-8(9)5-14-11-10-12(16-6-15-10)18-7-17-11;6-3-2(1-12-14(9,10)11)13-5(8)4(3)7/h1-4,6-7H,5H2,(H2,14,15,16,17,18);2-8H,1H2,(H2,9,10,11)/t;2-,3-,4-,5?/m.1/s1. The van der Waals surface area contributed by atoms with Gasteiger partial charge in [0.15, 0.2) is 17.8 Å². The zero-order valence-electron chi connectivity index (χ0n) is 16.3. The molecule has 2 aromatic heterocycles. The van der Waals surface area contributed by atoms with Gasteiger partial charge in [-0.3, -0.25) is 4.52 Å². The van der Waals surface area contributed by atoms with Gasteiger partial charge in [-0.1, -0.05) is 34.1 Å². The fraction of sp³-hybridized carbons (Fsp3) is 0.353. The highest BCUT2D eigenvalue weighted by Crippen LogP contribution is 2.37. The highest BCUT2D eigenvalue weighted by molar-refractivity contribution is 9.10. The summed E-state index contributed by atoms with van der Waals surface area (Å²) in [5, 5.41) is 30.3. The molecule has 1 saturated heterocycles. The number of phosphoric acid groups is 1. The maximum Gasteiger partial charge on any atom is 0.469 e. The van der Waals surface area contributed by atoms with Crippen LogP contribution in [0.1, 0.15) is 5.56 Å². The normalized spacial score (nSPS) is 23.1. The Bertz CT molecular complexity index is 1080. The third-order valence-electron chi connectivity index (χ3n) is 4.37. The van der Waals surface area contributed by atoms with Crippen LogP contribution < -0.4 is 5.32 Å². The first-order valence-electron chi connectivity index (χ1n) is 9.17. The maximum atomic E-state index is 10.3. The molecule has 4 rings (SSSR count). The molecule has 0 bridgehead atoms. The molecular formula is C17H21BrN5O8P. The van der Waals surface area contributed by atoms with Crippen molar-refractivity contribution in [2.24, 2.45) is 0 Å². The van der Waals surface area contributed by atoms with Gasteiger partial charge in [-0.25, -0.2) is 19.5 Å². The number of ether oxygens (including phenoxy) is 1. The van der Waals surface area contributed by atoms with Gasteiger partial charge in [0.2, 0.25) is 0 Å². The summed E-state index contributed by atoms with van der Waals surface area (Å²) in [4.78, 5) is 32.1. The van der Waals surface area contributed by atoms with Crippen LogP contribution in [0.15, 0.2) is 41.4 Å². The van der Waals surface area contributed by atoms with Crippen LogP contribution in [0, 0.1) is 0 Å². The van der Waals surface area contributed by atoms with Crippen LogP contribution >= 0.6 is 23.8 Å². The van der Waals surface area contributed by atoms with E-state index in [1.165, 1.54) is 11.9 Å². The van der Waals surface area contributed by atoms with Crippen molar-refractivity contribution in [1.82, 2.24) is 19.9 Å². The quantitative estimate of drug-likeness (QED) is 0.213. The molecule has 13 nitrogen and oxygen atoms in total. The lowest BCUT2D eigenvalue weighted by atomic mass is 10.1. The third-order valence-corrected chi connectivity index (χ3v) is 5.63. The second-order valence-electron chi connectivity index (χ2n) is 6.60. The Labute approximate surface area is 189 Å². The Morgan fingerprint density at radius 2 is 1.91 bits per heavy atom. The molecule has 4 atom stereocenters. The Hall–Kier alpha value is -2.00. The number of aliphatic hydroxyl groups is 3. The molecule has 3 heterocycles. The number of hydrogen-bond donors (Lipinski definition) is 7. The number of anilines is 1. The molecular weight excluding hydrogens is 513 g/mol. The average Bonchev–Trinajstić information content (AvgIpc) is 3.32. The predicted molar refractivity (Wildman–Crippen MR) is 114 cm³/mol. The van der Waals surface area contributed by atoms with Gasteiger partial charge in [0.25, 0.3) is 0 Å². The zero-order chi connectivity index (χ0) is 23.3. The molecule has 3 aromatic rings. The Morgan fingerprint density at radius 3 is 2.56 bits per heavy atom. The molecule has 174 valence electrons. The summed E-state index contributed by atoms with van der Waals surface area (Å²) in [6.07, 6.45) is -2.55. The van der Waals surface area contributed by atoms with E-state index in [0.29, 0.717) is 12.2 Å². The zero-order valence-corrected chi connectivity index (χ0v) is 18.8. The number of aromatic amines is 1. The van der Waals surface area contributed by atoms with E-state index in [1.807, 2.05) is 18.2 Å². The van der Waals surface area contributed by atoms with Crippen LogP contribution in [0.25, 0.3) is 11.2 Å². The topological polar surface area (TPSA) is 203 Å². The third kappa shape index (κ3) is 6.51. The molecule has 7 N–H and O–H groups in total. The summed E-state index contributed by atoms with van der Waals surface area (Å²) >= 11 is 3.52. The highest BCUT2D eigenvalue weighted by Gasteiger charge is 2.42. The lowest BCUT2D eigenvalue weighted by Crippen LogP contribution is -2.34. The fourth-order valence-corrected chi connectivity index (χ4v) is 3.52. The smallest absolute Gasteiger partial charge is 0.387 e. The van der Waals surface area contributed by atoms with Gasteiger partial charge in [-0.05, 0) is 11.6 Å². The van der Waals surface area contributed by atoms with E-state index in [9.17, 15) is 4.57 Å². The number of imidazole rings is 1. The van der Waals surface area contributed by atoms with E-state index >= 15 is 0 Å². The highest BCUT2D eigenvalue weighted by atomic mass is 79.9. The maximum absolute atomic E-state index is 10.3. The molecule has 1 fully saturated rings. The van der Waals surface area contributed by atoms with Gasteiger partial charge in [-0.2, -0.15) is 0 Å². The van der Waals surface area contributed by atoms with E-state index in [4.69, 9.17) is 25.1 Å². The van der Waals surface area contributed by atoms with Gasteiger partial charge >= 0.3 is 7.82 Å². The van der Waals surface area contributed by atoms with E-state index in [2.05, 4.69) is 56.5 Å². The van der Waals surface area contributed by atoms with Gasteiger partial charge in [-0.15, -0.1) is 0 Å². The van der Waals surface area contributed by atoms with E-state index in [0.717, 1.165) is 15.8 Å². The average molecular weight is 534 g/mol. The van der Waals surface area contributed by atoms with Crippen LogP contribution in [0.5, 0.6) is 0 Å². The summed E-state index contributed by atoms with van der Waals surface area (Å²) in [6, 6.07) is 8.07. The van der Waals surface area contributed by atoms with E-state index < -0.39 is 39.0 Å². The van der Waals surface area contributed by atoms with Gasteiger partial charge in [0.1, 0.15) is 30.2 Å². The van der Waals surface area contributed by atoms with Crippen molar-refractivity contribution in [2.45, 2.75) is 31.1 Å². The Balaban J connectivity index is 0.000000188. The van der Waals surface area contributed by atoms with Crippen molar-refractivity contribution in [3.8, 4) is 0 Å². The summed E-state index contributed by atoms with van der Waals surface area (Å²) in [5.41, 5.74) is 2.66. The Morgan fingerprint density at radius 1 is 1.16 bits per heavy atom. The minimum atomic E-state index is -4.64. The number of aromatic nitrogens is 4. The van der Waals surface area contributed by atoms with Crippen LogP contribution in [0.4, 0.5) is 5.82 Å². The number of halogens is 1. The molecule has 1 aromatic carbocycles. The molecule has 1 unspecified atom stereocenters. The van der Waals surface area contributed by atoms with Gasteiger partial charge in [0, 0.05) is 11.0 Å². The van der Waals surface area contributed by atoms with Crippen LogP contribution in [-0.2, 0) is 20.4 Å². The van der Waals surface area contributed by atoms with E-state index in [-0.39, 0.29) is 0 Å². The second kappa shape index (κ2) is 10.7. The Kier molecular flexibility index (Phi) is 8.27. The van der Waals surface area contributed by atoms with Crippen molar-refractivity contribution in [3.05, 3.63) is 47.0 Å². The minimum Gasteiger partial charge on any atom is -0.387 e. The number of hydrogen-bond acceptors (Lipinski definition) is 10. The number of benzene rings is 1. The largest absolute Gasteiger partial charge is 0.469 e. The summed E-state index contributed by atoms with van der Waals surface area (Å²) in [5.74, 6) is 0.758. The molecule has 0 aliphatic carbocycles. The van der Waals surface area contributed by atoms with Crippen molar-refractivity contribution in [1.29, 1.82) is 0 Å². The molecule has 0 saturated carbocycles. The predicted octanol–water partition coefficient (Wildman–Crippen LogP) is 0.262. The summed E-state index contributed by atoms with van der Waals surface area (Å²) in [6.45, 7) is 0.0755. The molecule has 0 spiro atoms. The van der Waals surface area contributed by atoms with E-state index in [1.54, 1.807) is 6.33 Å².